The molecule has 0 unspecified atom stereocenters. The van der Waals surface area contributed by atoms with E-state index in [0.29, 0.717) is 0 Å². The highest BCUT2D eigenvalue weighted by molar-refractivity contribution is 5.23. The minimum Gasteiger partial charge on any atom is -0.317 e. The predicted octanol–water partition coefficient (Wildman–Crippen LogP) is 1.90. The van der Waals surface area contributed by atoms with Gasteiger partial charge in [-0.05, 0) is 44.8 Å². The number of aryl methyl sites for hydroxylation is 2. The Bertz CT molecular complexity index is 506. The highest BCUT2D eigenvalue weighted by Crippen LogP contribution is 2.07. The van der Waals surface area contributed by atoms with Crippen molar-refractivity contribution < 1.29 is 0 Å². The number of rotatable bonds is 7. The fourth-order valence-corrected chi connectivity index (χ4v) is 1.90. The maximum Gasteiger partial charge on any atom is 0.156 e. The van der Waals surface area contributed by atoms with Crippen molar-refractivity contribution in [1.29, 1.82) is 0 Å². The molecule has 1 N–H and O–H groups in total. The van der Waals surface area contributed by atoms with Crippen LogP contribution in [-0.4, -0.2) is 32.8 Å². The molecule has 0 spiro atoms. The molecule has 5 nitrogen and oxygen atoms in total. The Morgan fingerprint density at radius 1 is 1.26 bits per heavy atom. The Kier molecular flexibility index (Phi) is 5.03. The Morgan fingerprint density at radius 2 is 2.16 bits per heavy atom. The first kappa shape index (κ1) is 13.7. The summed E-state index contributed by atoms with van der Waals surface area (Å²) in [6.07, 6.45) is 8.89. The molecule has 0 saturated carbocycles. The lowest BCUT2D eigenvalue weighted by molar-refractivity contribution is 0.640. The summed E-state index contributed by atoms with van der Waals surface area (Å²) in [6.45, 7) is 6.29. The first-order valence-electron chi connectivity index (χ1n) is 6.83. The predicted molar refractivity (Wildman–Crippen MR) is 75.4 cm³/mol. The van der Waals surface area contributed by atoms with Gasteiger partial charge in [-0.2, -0.15) is 5.10 Å². The van der Waals surface area contributed by atoms with Crippen LogP contribution in [0, 0.1) is 6.92 Å². The average Bonchev–Trinajstić information content (AvgIpc) is 2.87. The maximum atomic E-state index is 4.35. The molecule has 0 aliphatic rings. The topological polar surface area (TPSA) is 55.6 Å². The van der Waals surface area contributed by atoms with Crippen molar-refractivity contribution in [2.75, 3.05) is 13.1 Å². The van der Waals surface area contributed by atoms with Gasteiger partial charge in [0.05, 0.1) is 6.20 Å². The third-order valence-corrected chi connectivity index (χ3v) is 2.91. The standard InChI is InChI=1S/C14H21N5/c1-3-6-15-7-4-5-13-9-18-19(10-13)14-8-12(2)16-11-17-14/h8-11,15H,3-7H2,1-2H3. The largest absolute Gasteiger partial charge is 0.317 e. The molecule has 0 saturated heterocycles. The molecule has 0 radical (unpaired) electrons. The fraction of sp³-hybridized carbons (Fsp3) is 0.500. The minimum absolute atomic E-state index is 0.822. The maximum absolute atomic E-state index is 4.35. The van der Waals surface area contributed by atoms with Crippen molar-refractivity contribution in [3.63, 3.8) is 0 Å². The van der Waals surface area contributed by atoms with Gasteiger partial charge in [-0.15, -0.1) is 0 Å². The SMILES string of the molecule is CCCNCCCc1cnn(-c2cc(C)ncn2)c1. The van der Waals surface area contributed by atoms with Gasteiger partial charge < -0.3 is 5.32 Å². The summed E-state index contributed by atoms with van der Waals surface area (Å²) >= 11 is 0. The lowest BCUT2D eigenvalue weighted by Gasteiger charge is -2.01. The van der Waals surface area contributed by atoms with E-state index in [1.165, 1.54) is 12.0 Å². The lowest BCUT2D eigenvalue weighted by atomic mass is 10.2. The first-order valence-corrected chi connectivity index (χ1v) is 6.83. The van der Waals surface area contributed by atoms with Crippen LogP contribution in [0.15, 0.2) is 24.8 Å². The summed E-state index contributed by atoms with van der Waals surface area (Å²) in [6, 6.07) is 1.93. The molecule has 2 rings (SSSR count). The minimum atomic E-state index is 0.822. The Labute approximate surface area is 114 Å². The van der Waals surface area contributed by atoms with Crippen LogP contribution >= 0.6 is 0 Å². The first-order chi connectivity index (χ1) is 9.29. The zero-order chi connectivity index (χ0) is 13.5. The zero-order valence-corrected chi connectivity index (χ0v) is 11.6. The van der Waals surface area contributed by atoms with Gasteiger partial charge in [0.25, 0.3) is 0 Å². The summed E-state index contributed by atoms with van der Waals surface area (Å²) in [7, 11) is 0. The highest BCUT2D eigenvalue weighted by atomic mass is 15.3. The van der Waals surface area contributed by atoms with Crippen LogP contribution in [0.4, 0.5) is 0 Å². The summed E-state index contributed by atoms with van der Waals surface area (Å²) in [5, 5.41) is 7.75. The molecule has 0 aromatic carbocycles. The average molecular weight is 259 g/mol. The molecule has 102 valence electrons. The van der Waals surface area contributed by atoms with E-state index >= 15 is 0 Å². The van der Waals surface area contributed by atoms with E-state index in [-0.39, 0.29) is 0 Å². The highest BCUT2D eigenvalue weighted by Gasteiger charge is 2.02. The van der Waals surface area contributed by atoms with Gasteiger partial charge in [0.15, 0.2) is 5.82 Å². The van der Waals surface area contributed by atoms with Crippen molar-refractivity contribution >= 4 is 0 Å². The Hall–Kier alpha value is -1.75. The van der Waals surface area contributed by atoms with E-state index in [4.69, 9.17) is 0 Å². The third-order valence-electron chi connectivity index (χ3n) is 2.91. The second-order valence-electron chi connectivity index (χ2n) is 4.66. The molecule has 0 bridgehead atoms. The second-order valence-corrected chi connectivity index (χ2v) is 4.66. The summed E-state index contributed by atoms with van der Waals surface area (Å²) in [5.41, 5.74) is 2.19. The lowest BCUT2D eigenvalue weighted by Crippen LogP contribution is -2.16. The van der Waals surface area contributed by atoms with Gasteiger partial charge in [-0.3, -0.25) is 0 Å². The molecular weight excluding hydrogens is 238 g/mol. The Balaban J connectivity index is 1.88. The van der Waals surface area contributed by atoms with E-state index in [1.807, 2.05) is 30.1 Å². The van der Waals surface area contributed by atoms with E-state index in [2.05, 4.69) is 27.3 Å². The normalized spacial score (nSPS) is 10.8. The van der Waals surface area contributed by atoms with E-state index in [1.54, 1.807) is 6.33 Å². The number of hydrogen-bond acceptors (Lipinski definition) is 4. The third kappa shape index (κ3) is 4.13. The molecule has 5 heteroatoms. The van der Waals surface area contributed by atoms with Gasteiger partial charge in [0, 0.05) is 18.0 Å². The van der Waals surface area contributed by atoms with Crippen molar-refractivity contribution in [3.05, 3.63) is 36.0 Å². The number of aromatic nitrogens is 4. The molecule has 0 fully saturated rings. The van der Waals surface area contributed by atoms with Crippen LogP contribution < -0.4 is 5.32 Å². The summed E-state index contributed by atoms with van der Waals surface area (Å²) in [4.78, 5) is 8.31. The van der Waals surface area contributed by atoms with Crippen LogP contribution in [0.3, 0.4) is 0 Å². The summed E-state index contributed by atoms with van der Waals surface area (Å²) < 4.78 is 1.81. The fourth-order valence-electron chi connectivity index (χ4n) is 1.90. The number of nitrogens with zero attached hydrogens (tertiary/aromatic N) is 4. The van der Waals surface area contributed by atoms with Crippen LogP contribution in [0.25, 0.3) is 5.82 Å². The van der Waals surface area contributed by atoms with Gasteiger partial charge >= 0.3 is 0 Å². The van der Waals surface area contributed by atoms with E-state index in [0.717, 1.165) is 37.4 Å². The van der Waals surface area contributed by atoms with Crippen LogP contribution in [-0.2, 0) is 6.42 Å². The van der Waals surface area contributed by atoms with Crippen molar-refractivity contribution in [2.45, 2.75) is 33.1 Å². The van der Waals surface area contributed by atoms with Crippen LogP contribution in [0.1, 0.15) is 31.0 Å². The van der Waals surface area contributed by atoms with Gasteiger partial charge in [0.2, 0.25) is 0 Å². The van der Waals surface area contributed by atoms with Crippen molar-refractivity contribution in [3.8, 4) is 5.82 Å². The van der Waals surface area contributed by atoms with Crippen LogP contribution in [0.2, 0.25) is 0 Å². The smallest absolute Gasteiger partial charge is 0.156 e. The molecular formula is C14H21N5. The molecule has 2 aromatic rings. The van der Waals surface area contributed by atoms with E-state index < -0.39 is 0 Å². The van der Waals surface area contributed by atoms with Crippen molar-refractivity contribution in [1.82, 2.24) is 25.1 Å². The van der Waals surface area contributed by atoms with Gasteiger partial charge in [0.1, 0.15) is 6.33 Å². The van der Waals surface area contributed by atoms with Crippen molar-refractivity contribution in [2.24, 2.45) is 0 Å². The van der Waals surface area contributed by atoms with Crippen LogP contribution in [0.5, 0.6) is 0 Å². The molecule has 2 aromatic heterocycles. The molecule has 19 heavy (non-hydrogen) atoms. The molecule has 2 heterocycles. The Morgan fingerprint density at radius 3 is 2.95 bits per heavy atom. The quantitative estimate of drug-likeness (QED) is 0.772. The molecule has 0 aliphatic heterocycles. The molecule has 0 atom stereocenters. The monoisotopic (exact) mass is 259 g/mol. The number of nitrogens with one attached hydrogen (secondary N) is 1. The van der Waals surface area contributed by atoms with E-state index in [9.17, 15) is 0 Å². The van der Waals surface area contributed by atoms with Gasteiger partial charge in [-0.25, -0.2) is 14.6 Å². The molecule has 0 aliphatic carbocycles. The second kappa shape index (κ2) is 6.99. The van der Waals surface area contributed by atoms with Gasteiger partial charge in [-0.1, -0.05) is 6.92 Å². The molecule has 0 amide bonds. The number of hydrogen-bond donors (Lipinski definition) is 1. The summed E-state index contributed by atoms with van der Waals surface area (Å²) in [5.74, 6) is 0.822. The zero-order valence-electron chi connectivity index (χ0n) is 11.6.